The van der Waals surface area contributed by atoms with Gasteiger partial charge >= 0.3 is 6.09 Å². The van der Waals surface area contributed by atoms with E-state index in [1.54, 1.807) is 6.20 Å². The first-order valence-electron chi connectivity index (χ1n) is 16.5. The minimum Gasteiger partial charge on any atom is -0.489 e. The molecule has 47 heavy (non-hydrogen) atoms. The molecule has 1 saturated carbocycles. The van der Waals surface area contributed by atoms with Crippen LogP contribution in [-0.2, 0) is 29.0 Å². The lowest BCUT2D eigenvalue weighted by Crippen LogP contribution is -2.52. The van der Waals surface area contributed by atoms with Crippen molar-refractivity contribution in [1.82, 2.24) is 20.7 Å². The molecule has 9 heteroatoms. The number of pyridine rings is 1. The van der Waals surface area contributed by atoms with Crippen LogP contribution in [0, 0.1) is 5.92 Å². The summed E-state index contributed by atoms with van der Waals surface area (Å²) in [6, 6.07) is 31.3. The lowest BCUT2D eigenvalue weighted by atomic mass is 10.0. The number of fused-ring (bicyclic) bond motifs is 1. The van der Waals surface area contributed by atoms with Crippen LogP contribution in [0.4, 0.5) is 4.79 Å². The van der Waals surface area contributed by atoms with Crippen LogP contribution in [0.25, 0.3) is 11.3 Å². The number of carbonyl (C=O) groups is 1. The van der Waals surface area contributed by atoms with E-state index >= 15 is 0 Å². The number of ether oxygens (including phenoxy) is 3. The van der Waals surface area contributed by atoms with Gasteiger partial charge in [0.2, 0.25) is 0 Å². The van der Waals surface area contributed by atoms with E-state index in [4.69, 9.17) is 14.2 Å². The number of nitrogens with zero attached hydrogens (tertiary/aromatic N) is 2. The van der Waals surface area contributed by atoms with Crippen molar-refractivity contribution in [3.63, 3.8) is 0 Å². The lowest BCUT2D eigenvalue weighted by molar-refractivity contribution is 0.0382. The second-order valence-corrected chi connectivity index (χ2v) is 12.3. The molecule has 6 rings (SSSR count). The molecule has 0 unspecified atom stereocenters. The van der Waals surface area contributed by atoms with E-state index in [-0.39, 0.29) is 24.7 Å². The number of aromatic nitrogens is 1. The van der Waals surface area contributed by atoms with E-state index in [9.17, 15) is 9.90 Å². The molecule has 3 aromatic carbocycles. The topological polar surface area (TPSA) is 105 Å². The zero-order valence-electron chi connectivity index (χ0n) is 26.8. The molecule has 2 aliphatic rings. The number of benzene rings is 3. The minimum absolute atomic E-state index is 0.163. The molecular weight excluding hydrogens is 592 g/mol. The summed E-state index contributed by atoms with van der Waals surface area (Å²) >= 11 is 0. The lowest BCUT2D eigenvalue weighted by Gasteiger charge is -2.30. The Morgan fingerprint density at radius 1 is 0.936 bits per heavy atom. The van der Waals surface area contributed by atoms with E-state index in [1.807, 2.05) is 84.9 Å². The Balaban J connectivity index is 1.10. The molecule has 3 N–H and O–H groups in total. The van der Waals surface area contributed by atoms with Crippen LogP contribution in [0.3, 0.4) is 0 Å². The number of aliphatic hydroxyl groups is 1. The first kappa shape index (κ1) is 32.7. The predicted octanol–water partition coefficient (Wildman–Crippen LogP) is 5.53. The number of rotatable bonds is 14. The third kappa shape index (κ3) is 8.96. The highest BCUT2D eigenvalue weighted by Gasteiger charge is 2.42. The molecule has 2 fully saturated rings. The van der Waals surface area contributed by atoms with Crippen LogP contribution in [0.1, 0.15) is 36.0 Å². The van der Waals surface area contributed by atoms with Crippen LogP contribution in [0.15, 0.2) is 103 Å². The van der Waals surface area contributed by atoms with Crippen LogP contribution < -0.4 is 15.5 Å². The molecule has 0 bridgehead atoms. The minimum atomic E-state index is -0.886. The van der Waals surface area contributed by atoms with Gasteiger partial charge in [-0.1, -0.05) is 72.8 Å². The van der Waals surface area contributed by atoms with Gasteiger partial charge in [-0.15, -0.1) is 0 Å². The summed E-state index contributed by atoms with van der Waals surface area (Å²) in [4.78, 5) is 17.7. The summed E-state index contributed by atoms with van der Waals surface area (Å²) in [5.41, 5.74) is 8.31. The highest BCUT2D eigenvalue weighted by atomic mass is 16.6. The molecule has 1 aliphatic heterocycles. The summed E-state index contributed by atoms with van der Waals surface area (Å²) in [7, 11) is 1.83. The fraction of sp³-hybridized carbons (Fsp3) is 0.368. The standard InChI is InChI=1S/C38H44N4O5/c1-39-42(24-28-10-14-30(15-11-28)33-9-5-6-21-40-33)25-35(43)34(41-38(44)47-37-19-18-36-32(37)20-22-45-36)23-27-12-16-31(17-13-27)46-26-29-7-3-2-4-8-29/h2-17,21,32,34-37,39,43H,18-20,22-26H2,1H3,(H,41,44)/t32-,34+,35+,36-,37+/m1/s1. The first-order valence-corrected chi connectivity index (χ1v) is 16.5. The normalized spacial score (nSPS) is 20.0. The van der Waals surface area contributed by atoms with Crippen molar-refractivity contribution in [2.24, 2.45) is 5.92 Å². The summed E-state index contributed by atoms with van der Waals surface area (Å²) in [5.74, 6) is 1.00. The number of amides is 1. The number of hydrazine groups is 1. The average Bonchev–Trinajstić information content (AvgIpc) is 3.74. The van der Waals surface area contributed by atoms with E-state index < -0.39 is 18.2 Å². The number of nitrogens with one attached hydrogen (secondary N) is 2. The number of aliphatic hydroxyl groups excluding tert-OH is 1. The zero-order chi connectivity index (χ0) is 32.4. The van der Waals surface area contributed by atoms with Gasteiger partial charge in [0.05, 0.1) is 23.9 Å². The van der Waals surface area contributed by atoms with Crippen molar-refractivity contribution in [2.45, 2.75) is 63.2 Å². The Labute approximate surface area is 276 Å². The smallest absolute Gasteiger partial charge is 0.407 e. The third-order valence-corrected chi connectivity index (χ3v) is 9.14. The largest absolute Gasteiger partial charge is 0.489 e. The van der Waals surface area contributed by atoms with Crippen LogP contribution in [-0.4, -0.2) is 65.7 Å². The second-order valence-electron chi connectivity index (χ2n) is 12.3. The highest BCUT2D eigenvalue weighted by molar-refractivity contribution is 5.68. The molecule has 0 spiro atoms. The maximum atomic E-state index is 13.2. The van der Waals surface area contributed by atoms with Gasteiger partial charge in [0, 0.05) is 37.4 Å². The molecule has 1 aromatic heterocycles. The molecule has 9 nitrogen and oxygen atoms in total. The van der Waals surface area contributed by atoms with Gasteiger partial charge in [-0.25, -0.2) is 9.80 Å². The van der Waals surface area contributed by atoms with Gasteiger partial charge in [0.25, 0.3) is 0 Å². The van der Waals surface area contributed by atoms with Crippen LogP contribution >= 0.6 is 0 Å². The fourth-order valence-corrected chi connectivity index (χ4v) is 6.52. The Morgan fingerprint density at radius 2 is 1.70 bits per heavy atom. The summed E-state index contributed by atoms with van der Waals surface area (Å²) in [6.45, 7) is 2.04. The van der Waals surface area contributed by atoms with Crippen molar-refractivity contribution in [3.05, 3.63) is 120 Å². The van der Waals surface area contributed by atoms with E-state index in [1.165, 1.54) is 0 Å². The van der Waals surface area contributed by atoms with Gasteiger partial charge in [-0.2, -0.15) is 0 Å². The maximum absolute atomic E-state index is 13.2. The molecule has 4 aromatic rings. The van der Waals surface area contributed by atoms with E-state index in [0.29, 0.717) is 19.6 Å². The van der Waals surface area contributed by atoms with Crippen LogP contribution in [0.5, 0.6) is 5.75 Å². The molecular formula is C38H44N4O5. The monoisotopic (exact) mass is 636 g/mol. The van der Waals surface area contributed by atoms with Gasteiger partial charge in [0.1, 0.15) is 18.5 Å². The van der Waals surface area contributed by atoms with Gasteiger partial charge < -0.3 is 24.6 Å². The molecule has 2 heterocycles. The second kappa shape index (κ2) is 16.0. The Bertz CT molecular complexity index is 1540. The fourth-order valence-electron chi connectivity index (χ4n) is 6.52. The Morgan fingerprint density at radius 3 is 2.45 bits per heavy atom. The molecule has 246 valence electrons. The van der Waals surface area contributed by atoms with Crippen molar-refractivity contribution < 1.29 is 24.1 Å². The molecule has 5 atom stereocenters. The number of alkyl carbamates (subject to hydrolysis) is 1. The first-order chi connectivity index (χ1) is 23.0. The average molecular weight is 637 g/mol. The SMILES string of the molecule is CNN(Cc1ccc(-c2ccccn2)cc1)C[C@H](O)[C@H](Cc1ccc(OCc2ccccc2)cc1)NC(=O)O[C@H]1CC[C@H]2OCC[C@@H]12. The third-order valence-electron chi connectivity index (χ3n) is 9.14. The zero-order valence-corrected chi connectivity index (χ0v) is 26.8. The summed E-state index contributed by atoms with van der Waals surface area (Å²) < 4.78 is 17.7. The van der Waals surface area contributed by atoms with Gasteiger partial charge in [0.15, 0.2) is 0 Å². The van der Waals surface area contributed by atoms with Gasteiger partial charge in [-0.3, -0.25) is 10.4 Å². The number of hydrogen-bond donors (Lipinski definition) is 3. The van der Waals surface area contributed by atoms with Gasteiger partial charge in [-0.05, 0) is 73.7 Å². The van der Waals surface area contributed by atoms with Crippen molar-refractivity contribution in [1.29, 1.82) is 0 Å². The molecule has 1 saturated heterocycles. The van der Waals surface area contributed by atoms with Crippen molar-refractivity contribution in [3.8, 4) is 17.0 Å². The molecule has 0 radical (unpaired) electrons. The maximum Gasteiger partial charge on any atom is 0.407 e. The molecule has 1 amide bonds. The van der Waals surface area contributed by atoms with E-state index in [2.05, 4.69) is 40.0 Å². The number of hydrogen-bond acceptors (Lipinski definition) is 8. The Hall–Kier alpha value is -4.28. The van der Waals surface area contributed by atoms with Crippen LogP contribution in [0.2, 0.25) is 0 Å². The highest BCUT2D eigenvalue weighted by Crippen LogP contribution is 2.37. The van der Waals surface area contributed by atoms with E-state index in [0.717, 1.165) is 59.6 Å². The molecule has 1 aliphatic carbocycles. The summed E-state index contributed by atoms with van der Waals surface area (Å²) in [5, 5.41) is 16.5. The quantitative estimate of drug-likeness (QED) is 0.155. The summed E-state index contributed by atoms with van der Waals surface area (Å²) in [6.07, 6.45) is 3.45. The van der Waals surface area contributed by atoms with Crippen molar-refractivity contribution in [2.75, 3.05) is 20.2 Å². The predicted molar refractivity (Wildman–Crippen MR) is 180 cm³/mol. The van der Waals surface area contributed by atoms with Crippen molar-refractivity contribution >= 4 is 6.09 Å². The Kier molecular flexibility index (Phi) is 11.1. The number of carbonyl (C=O) groups excluding carboxylic acids is 1.